The fourth-order valence-corrected chi connectivity index (χ4v) is 4.10. The summed E-state index contributed by atoms with van der Waals surface area (Å²) in [5.41, 5.74) is 7.19. The van der Waals surface area contributed by atoms with E-state index in [1.807, 2.05) is 0 Å². The number of methoxy groups -OCH3 is 4. The van der Waals surface area contributed by atoms with Crippen LogP contribution in [0.15, 0.2) is 71.2 Å². The van der Waals surface area contributed by atoms with Crippen molar-refractivity contribution in [1.29, 1.82) is 5.26 Å². The molecule has 2 aromatic carbocycles. The summed E-state index contributed by atoms with van der Waals surface area (Å²) in [5.74, 6) is -3.28. The van der Waals surface area contributed by atoms with Crippen molar-refractivity contribution in [2.24, 2.45) is 5.73 Å². The van der Waals surface area contributed by atoms with Crippen LogP contribution in [0.4, 0.5) is 5.69 Å². The summed E-state index contributed by atoms with van der Waals surface area (Å²) in [6.07, 6.45) is -0.209. The smallest absolute Gasteiger partial charge is 0.355 e. The molecule has 0 amide bonds. The second-order valence-electron chi connectivity index (χ2n) is 7.56. The zero-order chi connectivity index (χ0) is 26.4. The van der Waals surface area contributed by atoms with Gasteiger partial charge >= 0.3 is 17.9 Å². The molecule has 0 aliphatic carbocycles. The summed E-state index contributed by atoms with van der Waals surface area (Å²) < 4.78 is 20.4. The average Bonchev–Trinajstić information content (AvgIpc) is 2.91. The van der Waals surface area contributed by atoms with Crippen LogP contribution in [-0.2, 0) is 35.0 Å². The molecule has 0 saturated heterocycles. The highest BCUT2D eigenvalue weighted by Gasteiger charge is 2.44. The van der Waals surface area contributed by atoms with Gasteiger partial charge in [-0.15, -0.1) is 0 Å². The molecule has 1 unspecified atom stereocenters. The number of nitriles is 1. The lowest BCUT2D eigenvalue weighted by Gasteiger charge is -2.37. The second kappa shape index (κ2) is 11.1. The Labute approximate surface area is 208 Å². The maximum absolute atomic E-state index is 13.3. The van der Waals surface area contributed by atoms with Gasteiger partial charge in [0.25, 0.3) is 0 Å². The van der Waals surface area contributed by atoms with Crippen molar-refractivity contribution >= 4 is 23.6 Å². The number of nitrogens with two attached hydrogens (primary N) is 1. The van der Waals surface area contributed by atoms with Crippen LogP contribution in [0.3, 0.4) is 0 Å². The van der Waals surface area contributed by atoms with E-state index in [0.717, 1.165) is 14.2 Å². The van der Waals surface area contributed by atoms with Crippen molar-refractivity contribution in [3.63, 3.8) is 0 Å². The zero-order valence-corrected chi connectivity index (χ0v) is 20.2. The number of rotatable bonds is 7. The van der Waals surface area contributed by atoms with Crippen LogP contribution in [0.5, 0.6) is 5.75 Å². The van der Waals surface area contributed by atoms with E-state index in [2.05, 4.69) is 6.07 Å². The fourth-order valence-electron chi connectivity index (χ4n) is 4.10. The molecular weight excluding hydrogens is 466 g/mol. The number of hydrogen-bond acceptors (Lipinski definition) is 10. The summed E-state index contributed by atoms with van der Waals surface area (Å²) in [5, 5.41) is 10.2. The minimum atomic E-state index is -1.02. The van der Waals surface area contributed by atoms with E-state index in [1.165, 1.54) is 19.1 Å². The topological polar surface area (TPSA) is 141 Å². The number of carbonyl (C=O) groups excluding carboxylic acids is 3. The Bertz CT molecular complexity index is 1290. The molecule has 0 spiro atoms. The van der Waals surface area contributed by atoms with Crippen LogP contribution >= 0.6 is 0 Å². The largest absolute Gasteiger partial charge is 0.495 e. The van der Waals surface area contributed by atoms with Gasteiger partial charge < -0.3 is 24.7 Å². The zero-order valence-electron chi connectivity index (χ0n) is 20.2. The van der Waals surface area contributed by atoms with Gasteiger partial charge in [0.1, 0.15) is 17.3 Å². The molecule has 1 heterocycles. The Balaban J connectivity index is 2.48. The molecule has 0 bridgehead atoms. The monoisotopic (exact) mass is 491 g/mol. The van der Waals surface area contributed by atoms with Crippen molar-refractivity contribution in [3.8, 4) is 11.8 Å². The molecule has 0 radical (unpaired) electrons. The van der Waals surface area contributed by atoms with E-state index >= 15 is 0 Å². The van der Waals surface area contributed by atoms with E-state index < -0.39 is 23.8 Å². The van der Waals surface area contributed by atoms with Gasteiger partial charge in [0.15, 0.2) is 0 Å². The Kier molecular flexibility index (Phi) is 7.96. The second-order valence-corrected chi connectivity index (χ2v) is 7.56. The molecule has 1 aliphatic rings. The maximum Gasteiger partial charge on any atom is 0.355 e. The van der Waals surface area contributed by atoms with Crippen molar-refractivity contribution in [1.82, 2.24) is 0 Å². The number of nitrogens with zero attached hydrogens (tertiary/aromatic N) is 2. The van der Waals surface area contributed by atoms with Crippen molar-refractivity contribution in [2.45, 2.75) is 12.3 Å². The summed E-state index contributed by atoms with van der Waals surface area (Å²) in [6.45, 7) is 0. The van der Waals surface area contributed by atoms with Crippen LogP contribution in [-0.4, -0.2) is 46.3 Å². The third-order valence-electron chi connectivity index (χ3n) is 5.70. The van der Waals surface area contributed by atoms with Gasteiger partial charge in [-0.1, -0.05) is 42.5 Å². The number of allylic oxidation sites excluding steroid dienone is 1. The molecule has 1 aliphatic heterocycles. The number of esters is 3. The minimum absolute atomic E-state index is 0.0100. The van der Waals surface area contributed by atoms with Crippen LogP contribution in [0.25, 0.3) is 0 Å². The van der Waals surface area contributed by atoms with Gasteiger partial charge in [0.2, 0.25) is 0 Å². The summed E-state index contributed by atoms with van der Waals surface area (Å²) in [7, 11) is 4.95. The predicted molar refractivity (Wildman–Crippen MR) is 128 cm³/mol. The molecule has 1 atom stereocenters. The van der Waals surface area contributed by atoms with Crippen molar-refractivity contribution in [3.05, 3.63) is 82.3 Å². The highest BCUT2D eigenvalue weighted by Crippen LogP contribution is 2.46. The lowest BCUT2D eigenvalue weighted by atomic mass is 9.80. The Morgan fingerprint density at radius 3 is 2.17 bits per heavy atom. The van der Waals surface area contributed by atoms with E-state index in [9.17, 15) is 19.6 Å². The third-order valence-corrected chi connectivity index (χ3v) is 5.70. The Hall–Kier alpha value is -4.78. The predicted octanol–water partition coefficient (Wildman–Crippen LogP) is 2.31. The number of ether oxygens (including phenoxy) is 4. The lowest BCUT2D eigenvalue weighted by Crippen LogP contribution is -2.41. The first kappa shape index (κ1) is 25.8. The molecule has 10 nitrogen and oxygen atoms in total. The number of benzene rings is 2. The Morgan fingerprint density at radius 2 is 1.61 bits per heavy atom. The molecule has 2 aromatic rings. The molecule has 36 heavy (non-hydrogen) atoms. The summed E-state index contributed by atoms with van der Waals surface area (Å²) in [4.78, 5) is 39.9. The van der Waals surface area contributed by atoms with Crippen molar-refractivity contribution < 1.29 is 33.3 Å². The minimum Gasteiger partial charge on any atom is -0.495 e. The number of hydrogen-bond donors (Lipinski definition) is 1. The lowest BCUT2D eigenvalue weighted by molar-refractivity contribution is -0.140. The first-order valence-corrected chi connectivity index (χ1v) is 10.7. The first-order chi connectivity index (χ1) is 17.3. The Morgan fingerprint density at radius 1 is 0.944 bits per heavy atom. The normalized spacial score (nSPS) is 15.2. The molecule has 10 heteroatoms. The van der Waals surface area contributed by atoms with Gasteiger partial charge in [-0.05, 0) is 17.2 Å². The van der Waals surface area contributed by atoms with Crippen LogP contribution in [0, 0.1) is 11.3 Å². The average molecular weight is 492 g/mol. The van der Waals surface area contributed by atoms with Crippen LogP contribution in [0.1, 0.15) is 17.0 Å². The van der Waals surface area contributed by atoms with Gasteiger partial charge in [-0.25, -0.2) is 9.59 Å². The van der Waals surface area contributed by atoms with Gasteiger partial charge in [0.05, 0.1) is 63.7 Å². The molecule has 3 rings (SSSR count). The first-order valence-electron chi connectivity index (χ1n) is 10.7. The van der Waals surface area contributed by atoms with Crippen molar-refractivity contribution in [2.75, 3.05) is 33.3 Å². The number of anilines is 1. The quantitative estimate of drug-likeness (QED) is 0.453. The molecule has 2 N–H and O–H groups in total. The van der Waals surface area contributed by atoms with Gasteiger partial charge in [0, 0.05) is 0 Å². The highest BCUT2D eigenvalue weighted by atomic mass is 16.5. The summed E-state index contributed by atoms with van der Waals surface area (Å²) in [6, 6.07) is 15.6. The highest BCUT2D eigenvalue weighted by molar-refractivity contribution is 6.07. The standard InChI is InChI=1S/C26H25N3O7/c1-33-18-12-8-11-16(13-19(30)34-2)22(18)29-23(26(32)36-4)21(25(31)35-3)20(17(14-27)24(29)28)15-9-6-5-7-10-15/h5-12,20H,13,28H2,1-4H3. The van der Waals surface area contributed by atoms with E-state index in [0.29, 0.717) is 11.1 Å². The van der Waals surface area contributed by atoms with E-state index in [-0.39, 0.29) is 40.5 Å². The molecule has 186 valence electrons. The fraction of sp³-hybridized carbons (Fsp3) is 0.231. The van der Waals surface area contributed by atoms with E-state index in [4.69, 9.17) is 24.7 Å². The molecule has 0 aromatic heterocycles. The SMILES string of the molecule is COC(=O)Cc1cccc(OC)c1N1C(N)=C(C#N)C(c2ccccc2)C(C(=O)OC)=C1C(=O)OC. The van der Waals surface area contributed by atoms with Crippen LogP contribution < -0.4 is 15.4 Å². The van der Waals surface area contributed by atoms with Gasteiger partial charge in [-0.3, -0.25) is 9.69 Å². The van der Waals surface area contributed by atoms with Gasteiger partial charge in [-0.2, -0.15) is 5.26 Å². The number of para-hydroxylation sites is 1. The molecular formula is C26H25N3O7. The maximum atomic E-state index is 13.3. The number of carbonyl (C=O) groups is 3. The third kappa shape index (κ3) is 4.59. The molecule has 0 saturated carbocycles. The van der Waals surface area contributed by atoms with E-state index in [1.54, 1.807) is 48.5 Å². The van der Waals surface area contributed by atoms with Crippen LogP contribution in [0.2, 0.25) is 0 Å². The summed E-state index contributed by atoms with van der Waals surface area (Å²) >= 11 is 0. The molecule has 0 fully saturated rings.